The monoisotopic (exact) mass is 396 g/mol. The van der Waals surface area contributed by atoms with Gasteiger partial charge < -0.3 is 20.7 Å². The highest BCUT2D eigenvalue weighted by atomic mass is 16.5. The molecule has 7 nitrogen and oxygen atoms in total. The Hall–Kier alpha value is -2.90. The van der Waals surface area contributed by atoms with E-state index in [0.29, 0.717) is 39.2 Å². The van der Waals surface area contributed by atoms with Gasteiger partial charge in [0.2, 0.25) is 11.8 Å². The predicted octanol–water partition coefficient (Wildman–Crippen LogP) is 0.602. The lowest BCUT2D eigenvalue weighted by molar-refractivity contribution is -0.124. The maximum Gasteiger partial charge on any atom is 0.237 e. The Morgan fingerprint density at radius 3 is 2.31 bits per heavy atom. The van der Waals surface area contributed by atoms with Crippen molar-refractivity contribution in [2.75, 3.05) is 32.7 Å². The first-order valence-corrected chi connectivity index (χ1v) is 9.95. The number of ether oxygens (including phenoxy) is 1. The summed E-state index contributed by atoms with van der Waals surface area (Å²) in [6, 6.07) is 17.2. The lowest BCUT2D eigenvalue weighted by atomic mass is 10.0. The molecule has 2 aromatic rings. The van der Waals surface area contributed by atoms with Gasteiger partial charge in [-0.05, 0) is 29.7 Å². The zero-order chi connectivity index (χ0) is 20.3. The molecule has 4 N–H and O–H groups in total. The Morgan fingerprint density at radius 2 is 1.55 bits per heavy atom. The number of hydrogen-bond acceptors (Lipinski definition) is 5. The Labute approximate surface area is 171 Å². The van der Waals surface area contributed by atoms with Gasteiger partial charge in [-0.2, -0.15) is 0 Å². The van der Waals surface area contributed by atoms with Crippen LogP contribution in [0, 0.1) is 0 Å². The fraction of sp³-hybridized carbons (Fsp3) is 0.364. The van der Waals surface area contributed by atoms with Gasteiger partial charge in [0, 0.05) is 26.2 Å². The standard InChI is InChI=1S/C22H28N4O3/c27-21-15-26-20(22(28)25-13-11-23-10-12-24-21)14-17-6-8-19(9-7-17)29-16-18-4-2-1-3-5-18/h1-9,20,23,26H,10-16H2,(H,24,27)(H,25,28). The summed E-state index contributed by atoms with van der Waals surface area (Å²) in [6.45, 7) is 3.10. The molecule has 154 valence electrons. The Kier molecular flexibility index (Phi) is 8.03. The number of rotatable bonds is 5. The molecule has 1 saturated heterocycles. The van der Waals surface area contributed by atoms with E-state index in [-0.39, 0.29) is 18.4 Å². The van der Waals surface area contributed by atoms with Gasteiger partial charge in [0.15, 0.2) is 0 Å². The first-order valence-electron chi connectivity index (χ1n) is 9.95. The summed E-state index contributed by atoms with van der Waals surface area (Å²) in [5.41, 5.74) is 2.11. The van der Waals surface area contributed by atoms with E-state index in [1.807, 2.05) is 54.6 Å². The van der Waals surface area contributed by atoms with Crippen LogP contribution in [-0.4, -0.2) is 50.6 Å². The molecule has 1 atom stereocenters. The second-order valence-corrected chi connectivity index (χ2v) is 6.95. The number of amides is 2. The van der Waals surface area contributed by atoms with E-state index < -0.39 is 6.04 Å². The van der Waals surface area contributed by atoms with Crippen LogP contribution in [0.1, 0.15) is 11.1 Å². The van der Waals surface area contributed by atoms with Crippen molar-refractivity contribution in [1.29, 1.82) is 0 Å². The zero-order valence-electron chi connectivity index (χ0n) is 16.4. The van der Waals surface area contributed by atoms with Gasteiger partial charge in [0.1, 0.15) is 12.4 Å². The van der Waals surface area contributed by atoms with E-state index in [4.69, 9.17) is 4.74 Å². The zero-order valence-corrected chi connectivity index (χ0v) is 16.4. The van der Waals surface area contributed by atoms with Crippen LogP contribution in [0.15, 0.2) is 54.6 Å². The number of nitrogens with one attached hydrogen (secondary N) is 4. The van der Waals surface area contributed by atoms with E-state index >= 15 is 0 Å². The first kappa shape index (κ1) is 20.8. The molecule has 1 aliphatic rings. The van der Waals surface area contributed by atoms with Crippen molar-refractivity contribution in [3.8, 4) is 5.75 Å². The van der Waals surface area contributed by atoms with Gasteiger partial charge in [-0.3, -0.25) is 14.9 Å². The summed E-state index contributed by atoms with van der Waals surface area (Å²) in [7, 11) is 0. The molecule has 1 fully saturated rings. The maximum absolute atomic E-state index is 12.5. The fourth-order valence-electron chi connectivity index (χ4n) is 3.05. The Morgan fingerprint density at radius 1 is 0.828 bits per heavy atom. The molecule has 0 spiro atoms. The second-order valence-electron chi connectivity index (χ2n) is 6.95. The molecule has 0 aliphatic carbocycles. The SMILES string of the molecule is O=C1CNC(Cc2ccc(OCc3ccccc3)cc2)C(=O)NCCNCCN1. The molecule has 0 saturated carbocycles. The van der Waals surface area contributed by atoms with Crippen LogP contribution in [0.3, 0.4) is 0 Å². The molecule has 29 heavy (non-hydrogen) atoms. The molecule has 0 aromatic heterocycles. The summed E-state index contributed by atoms with van der Waals surface area (Å²) in [4.78, 5) is 24.4. The Balaban J connectivity index is 1.56. The summed E-state index contributed by atoms with van der Waals surface area (Å²) in [5.74, 6) is 0.554. The van der Waals surface area contributed by atoms with Gasteiger partial charge in [-0.1, -0.05) is 42.5 Å². The van der Waals surface area contributed by atoms with Gasteiger partial charge in [0.25, 0.3) is 0 Å². The quantitative estimate of drug-likeness (QED) is 0.594. The highest BCUT2D eigenvalue weighted by Gasteiger charge is 2.19. The van der Waals surface area contributed by atoms with Gasteiger partial charge in [-0.25, -0.2) is 0 Å². The summed E-state index contributed by atoms with van der Waals surface area (Å²) in [6.07, 6.45) is 0.492. The third-order valence-electron chi connectivity index (χ3n) is 4.66. The second kappa shape index (κ2) is 11.2. The molecular weight excluding hydrogens is 368 g/mol. The first-order chi connectivity index (χ1) is 14.2. The number of carbonyl (C=O) groups excluding carboxylic acids is 2. The molecule has 2 amide bonds. The topological polar surface area (TPSA) is 91.5 Å². The van der Waals surface area contributed by atoms with E-state index in [9.17, 15) is 9.59 Å². The molecule has 1 heterocycles. The average Bonchev–Trinajstić information content (AvgIpc) is 2.75. The van der Waals surface area contributed by atoms with E-state index in [1.54, 1.807) is 0 Å². The maximum atomic E-state index is 12.5. The molecule has 0 bridgehead atoms. The lowest BCUT2D eigenvalue weighted by Crippen LogP contribution is -2.51. The van der Waals surface area contributed by atoms with Gasteiger partial charge in [0.05, 0.1) is 12.6 Å². The summed E-state index contributed by atoms with van der Waals surface area (Å²) in [5, 5.41) is 12.0. The molecule has 2 aromatic carbocycles. The normalized spacial score (nSPS) is 18.7. The molecule has 0 radical (unpaired) electrons. The number of hydrogen-bond donors (Lipinski definition) is 4. The van der Waals surface area contributed by atoms with Crippen molar-refractivity contribution in [1.82, 2.24) is 21.3 Å². The highest BCUT2D eigenvalue weighted by molar-refractivity contribution is 5.84. The van der Waals surface area contributed by atoms with Crippen LogP contribution in [0.25, 0.3) is 0 Å². The van der Waals surface area contributed by atoms with Gasteiger partial charge in [-0.15, -0.1) is 0 Å². The highest BCUT2D eigenvalue weighted by Crippen LogP contribution is 2.15. The van der Waals surface area contributed by atoms with Crippen LogP contribution < -0.4 is 26.0 Å². The smallest absolute Gasteiger partial charge is 0.237 e. The van der Waals surface area contributed by atoms with Crippen LogP contribution >= 0.6 is 0 Å². The molecular formula is C22H28N4O3. The minimum absolute atomic E-state index is 0.107. The molecule has 1 aliphatic heterocycles. The predicted molar refractivity (Wildman–Crippen MR) is 112 cm³/mol. The van der Waals surface area contributed by atoms with Crippen molar-refractivity contribution in [2.24, 2.45) is 0 Å². The van der Waals surface area contributed by atoms with Gasteiger partial charge >= 0.3 is 0 Å². The van der Waals surface area contributed by atoms with Crippen LogP contribution in [0.2, 0.25) is 0 Å². The van der Waals surface area contributed by atoms with Crippen molar-refractivity contribution < 1.29 is 14.3 Å². The van der Waals surface area contributed by atoms with Crippen LogP contribution in [0.5, 0.6) is 5.75 Å². The van der Waals surface area contributed by atoms with E-state index in [2.05, 4.69) is 21.3 Å². The Bertz CT molecular complexity index is 780. The fourth-order valence-corrected chi connectivity index (χ4v) is 3.05. The third-order valence-corrected chi connectivity index (χ3v) is 4.66. The van der Waals surface area contributed by atoms with Crippen molar-refractivity contribution >= 4 is 11.8 Å². The van der Waals surface area contributed by atoms with Crippen LogP contribution in [0.4, 0.5) is 0 Å². The van der Waals surface area contributed by atoms with Crippen molar-refractivity contribution in [2.45, 2.75) is 19.1 Å². The molecule has 3 rings (SSSR count). The average molecular weight is 396 g/mol. The largest absolute Gasteiger partial charge is 0.489 e. The summed E-state index contributed by atoms with van der Waals surface area (Å²) >= 11 is 0. The molecule has 1 unspecified atom stereocenters. The number of carbonyl (C=O) groups is 2. The lowest BCUT2D eigenvalue weighted by Gasteiger charge is -2.20. The van der Waals surface area contributed by atoms with E-state index in [0.717, 1.165) is 16.9 Å². The van der Waals surface area contributed by atoms with E-state index in [1.165, 1.54) is 0 Å². The van der Waals surface area contributed by atoms with Crippen molar-refractivity contribution in [3.63, 3.8) is 0 Å². The number of benzene rings is 2. The van der Waals surface area contributed by atoms with Crippen molar-refractivity contribution in [3.05, 3.63) is 65.7 Å². The molecule has 7 heteroatoms. The third kappa shape index (κ3) is 7.21. The summed E-state index contributed by atoms with van der Waals surface area (Å²) < 4.78 is 5.81. The van der Waals surface area contributed by atoms with Crippen LogP contribution in [-0.2, 0) is 22.6 Å². The minimum atomic E-state index is -0.476. The minimum Gasteiger partial charge on any atom is -0.489 e.